The molecule has 142 valence electrons. The van der Waals surface area contributed by atoms with Crippen molar-refractivity contribution in [3.8, 4) is 0 Å². The number of quaternary nitrogens is 2. The molecular weight excluding hydrogens is 335 g/mol. The number of hydrogen-bond acceptors (Lipinski definition) is 0. The molecule has 3 heteroatoms. The van der Waals surface area contributed by atoms with Gasteiger partial charge in [0.15, 0.2) is 19.1 Å². The zero-order valence-corrected chi connectivity index (χ0v) is 16.6. The van der Waals surface area contributed by atoms with Crippen LogP contribution in [0.15, 0.2) is 66.8 Å². The molecule has 27 heavy (non-hydrogen) atoms. The van der Waals surface area contributed by atoms with E-state index in [0.29, 0.717) is 19.1 Å². The fourth-order valence-electron chi connectivity index (χ4n) is 5.24. The van der Waals surface area contributed by atoms with Crippen molar-refractivity contribution in [3.05, 3.63) is 72.3 Å². The highest BCUT2D eigenvalue weighted by atomic mass is 19.2. The van der Waals surface area contributed by atoms with E-state index in [1.165, 1.54) is 21.9 Å². The maximum absolute atomic E-state index is 16.1. The largest absolute Gasteiger partial charge is 0.309 e. The highest BCUT2D eigenvalue weighted by Gasteiger charge is 2.60. The Morgan fingerprint density at radius 1 is 1.11 bits per heavy atom. The van der Waals surface area contributed by atoms with Gasteiger partial charge in [0.2, 0.25) is 0 Å². The van der Waals surface area contributed by atoms with Crippen LogP contribution in [0, 0.1) is 0 Å². The third kappa shape index (κ3) is 3.24. The summed E-state index contributed by atoms with van der Waals surface area (Å²) >= 11 is 0. The molecule has 4 atom stereocenters. The van der Waals surface area contributed by atoms with E-state index in [1.807, 2.05) is 6.08 Å². The number of benzene rings is 2. The van der Waals surface area contributed by atoms with Gasteiger partial charge in [-0.05, 0) is 33.3 Å². The normalized spacial score (nSPS) is 33.4. The Labute approximate surface area is 162 Å². The van der Waals surface area contributed by atoms with Gasteiger partial charge in [0, 0.05) is 12.8 Å². The van der Waals surface area contributed by atoms with E-state index in [9.17, 15) is 0 Å². The smallest absolute Gasteiger partial charge is 0.178 e. The monoisotopic (exact) mass is 366 g/mol. The van der Waals surface area contributed by atoms with Crippen LogP contribution < -0.4 is 0 Å². The van der Waals surface area contributed by atoms with Crippen molar-refractivity contribution in [3.63, 3.8) is 0 Å². The molecule has 3 aliphatic heterocycles. The second-order valence-electron chi connectivity index (χ2n) is 8.64. The Bertz CT molecular complexity index is 884. The summed E-state index contributed by atoms with van der Waals surface area (Å²) in [6.07, 6.45) is 5.80. The number of fused-ring (bicyclic) bond motifs is 4. The molecule has 4 unspecified atom stereocenters. The van der Waals surface area contributed by atoms with Crippen LogP contribution in [0.5, 0.6) is 0 Å². The topological polar surface area (TPSA) is 0 Å². The number of rotatable bonds is 5. The van der Waals surface area contributed by atoms with Gasteiger partial charge in [0.25, 0.3) is 0 Å². The molecule has 0 radical (unpaired) electrons. The maximum atomic E-state index is 16.1. The van der Waals surface area contributed by atoms with Crippen LogP contribution in [0.2, 0.25) is 0 Å². The van der Waals surface area contributed by atoms with Gasteiger partial charge >= 0.3 is 0 Å². The predicted octanol–water partition coefficient (Wildman–Crippen LogP) is 4.82. The summed E-state index contributed by atoms with van der Waals surface area (Å²) in [4.78, 5) is 0. The number of halogens is 1. The van der Waals surface area contributed by atoms with Crippen molar-refractivity contribution in [2.75, 3.05) is 33.2 Å². The number of likely N-dealkylation sites (N-methyl/N-ethyl adjacent to an activating group) is 1. The summed E-state index contributed by atoms with van der Waals surface area (Å²) in [5.41, 5.74) is 2.52. The summed E-state index contributed by atoms with van der Waals surface area (Å²) in [5, 5.41) is 2.52. The Morgan fingerprint density at radius 3 is 2.67 bits per heavy atom. The second kappa shape index (κ2) is 6.88. The van der Waals surface area contributed by atoms with Gasteiger partial charge in [-0.3, -0.25) is 0 Å². The minimum absolute atomic E-state index is 0.0450. The van der Waals surface area contributed by atoms with Crippen molar-refractivity contribution in [1.82, 2.24) is 0 Å². The third-order valence-corrected chi connectivity index (χ3v) is 7.10. The number of nitrogens with zero attached hydrogens (tertiary/aromatic N) is 2. The van der Waals surface area contributed by atoms with E-state index in [-0.39, 0.29) is 10.7 Å². The number of hydrogen-bond donors (Lipinski definition) is 0. The number of piperazine rings is 3. The zero-order chi connectivity index (χ0) is 19.1. The maximum Gasteiger partial charge on any atom is 0.178 e. The molecule has 5 rings (SSSR count). The molecule has 0 spiro atoms. The Hall–Kier alpha value is -1.97. The molecule has 0 amide bonds. The molecule has 2 aromatic rings. The lowest BCUT2D eigenvalue weighted by molar-refractivity contribution is -1.17. The van der Waals surface area contributed by atoms with E-state index >= 15 is 4.48 Å². The standard InChI is InChI=1S/C24H31FN2/c1-4-19(5-2)15-22-18-27(25)14-13-26(22,3)17-23(27)16-21-11-8-10-20-9-6-7-12-24(20)21/h4-12,22-23H,1,13-18H2,2-3H3/q+2. The summed E-state index contributed by atoms with van der Waals surface area (Å²) in [6, 6.07) is 15.3. The molecule has 3 fully saturated rings. The minimum atomic E-state index is -0.268. The lowest BCUT2D eigenvalue weighted by Crippen LogP contribution is -2.79. The van der Waals surface area contributed by atoms with Crippen LogP contribution in [0.1, 0.15) is 18.9 Å². The molecule has 2 nitrogen and oxygen atoms in total. The van der Waals surface area contributed by atoms with Crippen LogP contribution in [-0.4, -0.2) is 54.5 Å². The van der Waals surface area contributed by atoms with Crippen molar-refractivity contribution in [1.29, 1.82) is 0 Å². The first-order valence-corrected chi connectivity index (χ1v) is 10.1. The molecule has 0 N–H and O–H groups in total. The highest BCUT2D eigenvalue weighted by Crippen LogP contribution is 2.39. The van der Waals surface area contributed by atoms with Gasteiger partial charge in [0.05, 0.1) is 7.05 Å². The number of allylic oxidation sites excluding steroid dienone is 2. The zero-order valence-electron chi connectivity index (χ0n) is 16.6. The first-order chi connectivity index (χ1) is 13.0. The van der Waals surface area contributed by atoms with Crippen molar-refractivity contribution in [2.24, 2.45) is 0 Å². The summed E-state index contributed by atoms with van der Waals surface area (Å²) in [6.45, 7) is 9.09. The molecule has 2 bridgehead atoms. The first kappa shape index (κ1) is 18.4. The summed E-state index contributed by atoms with van der Waals surface area (Å²) in [7, 11) is 2.33. The van der Waals surface area contributed by atoms with Gasteiger partial charge in [-0.25, -0.2) is 0 Å². The van der Waals surface area contributed by atoms with Crippen LogP contribution in [0.4, 0.5) is 4.48 Å². The van der Waals surface area contributed by atoms with Crippen LogP contribution >= 0.6 is 0 Å². The average Bonchev–Trinajstić information content (AvgIpc) is 2.68. The lowest BCUT2D eigenvalue weighted by Gasteiger charge is -2.56. The van der Waals surface area contributed by atoms with Crippen LogP contribution in [-0.2, 0) is 6.42 Å². The lowest BCUT2D eigenvalue weighted by atomic mass is 9.89. The second-order valence-corrected chi connectivity index (χ2v) is 8.64. The van der Waals surface area contributed by atoms with E-state index in [4.69, 9.17) is 0 Å². The van der Waals surface area contributed by atoms with Crippen LogP contribution in [0.25, 0.3) is 10.8 Å². The van der Waals surface area contributed by atoms with Gasteiger partial charge < -0.3 is 4.48 Å². The molecule has 2 aromatic carbocycles. The molecule has 3 heterocycles. The Morgan fingerprint density at radius 2 is 1.89 bits per heavy atom. The summed E-state index contributed by atoms with van der Waals surface area (Å²) in [5.74, 6) is 0. The summed E-state index contributed by atoms with van der Waals surface area (Å²) < 4.78 is 16.8. The van der Waals surface area contributed by atoms with Gasteiger partial charge in [0.1, 0.15) is 19.1 Å². The van der Waals surface area contributed by atoms with E-state index < -0.39 is 0 Å². The van der Waals surface area contributed by atoms with Gasteiger partial charge in [-0.1, -0.05) is 61.2 Å². The molecule has 3 aliphatic rings. The highest BCUT2D eigenvalue weighted by molar-refractivity contribution is 5.85. The SMILES string of the molecule is C=CC(=CC)CC1C[N+]2(F)CC[N+]1(C)CC2Cc1cccc2ccccc12. The van der Waals surface area contributed by atoms with Crippen molar-refractivity contribution >= 4 is 10.8 Å². The first-order valence-electron chi connectivity index (χ1n) is 10.1. The van der Waals surface area contributed by atoms with E-state index in [0.717, 1.165) is 30.4 Å². The third-order valence-electron chi connectivity index (χ3n) is 7.10. The van der Waals surface area contributed by atoms with Crippen molar-refractivity contribution in [2.45, 2.75) is 31.8 Å². The molecule has 0 aliphatic carbocycles. The molecule has 0 saturated carbocycles. The molecular formula is C24H31FN2+2. The minimum Gasteiger partial charge on any atom is -0.309 e. The Kier molecular flexibility index (Phi) is 4.69. The van der Waals surface area contributed by atoms with Crippen LogP contribution in [0.3, 0.4) is 0 Å². The van der Waals surface area contributed by atoms with E-state index in [1.54, 1.807) is 0 Å². The molecule has 0 aromatic heterocycles. The molecule has 3 saturated heterocycles. The predicted molar refractivity (Wildman–Crippen MR) is 111 cm³/mol. The Balaban J connectivity index is 1.60. The fourth-order valence-corrected chi connectivity index (χ4v) is 5.24. The fraction of sp³-hybridized carbons (Fsp3) is 0.417. The van der Waals surface area contributed by atoms with Gasteiger partial charge in [-0.2, -0.15) is 0 Å². The quantitative estimate of drug-likeness (QED) is 0.404. The van der Waals surface area contributed by atoms with E-state index in [2.05, 4.69) is 69.1 Å². The van der Waals surface area contributed by atoms with Crippen molar-refractivity contribution < 1.29 is 13.7 Å². The van der Waals surface area contributed by atoms with Gasteiger partial charge in [-0.15, -0.1) is 4.71 Å². The average molecular weight is 367 g/mol.